The number of hydrogen-bond acceptors (Lipinski definition) is 2. The molecule has 0 aromatic carbocycles. The summed E-state index contributed by atoms with van der Waals surface area (Å²) >= 11 is 0. The number of carboxylic acids is 1. The number of carboxylic acid groups (broad SMARTS) is 1. The first kappa shape index (κ1) is 15.1. The van der Waals surface area contributed by atoms with Gasteiger partial charge >= 0.3 is 12.0 Å². The monoisotopic (exact) mass is 282 g/mol. The molecule has 2 aliphatic carbocycles. The number of urea groups is 1. The van der Waals surface area contributed by atoms with E-state index in [9.17, 15) is 14.7 Å². The van der Waals surface area contributed by atoms with Gasteiger partial charge in [-0.25, -0.2) is 9.59 Å². The first-order valence-corrected chi connectivity index (χ1v) is 7.55. The predicted molar refractivity (Wildman–Crippen MR) is 76.4 cm³/mol. The molecule has 114 valence electrons. The summed E-state index contributed by atoms with van der Waals surface area (Å²) in [7, 11) is 0. The number of amides is 2. The van der Waals surface area contributed by atoms with E-state index in [1.165, 1.54) is 25.7 Å². The zero-order valence-electron chi connectivity index (χ0n) is 12.7. The molecule has 0 aromatic heterocycles. The van der Waals surface area contributed by atoms with E-state index in [-0.39, 0.29) is 6.03 Å². The number of rotatable bonds is 6. The van der Waals surface area contributed by atoms with Gasteiger partial charge in [-0.05, 0) is 42.9 Å². The summed E-state index contributed by atoms with van der Waals surface area (Å²) in [4.78, 5) is 25.6. The van der Waals surface area contributed by atoms with Crippen molar-refractivity contribution in [2.75, 3.05) is 13.1 Å². The smallest absolute Gasteiger partial charge is 0.326 e. The fraction of sp³-hybridized carbons (Fsp3) is 0.867. The highest BCUT2D eigenvalue weighted by molar-refractivity contribution is 5.83. The average molecular weight is 282 g/mol. The predicted octanol–water partition coefficient (Wildman–Crippen LogP) is 2.32. The van der Waals surface area contributed by atoms with Crippen molar-refractivity contribution in [2.24, 2.45) is 17.3 Å². The van der Waals surface area contributed by atoms with Gasteiger partial charge in [0.15, 0.2) is 0 Å². The van der Waals surface area contributed by atoms with Crippen molar-refractivity contribution >= 4 is 12.0 Å². The molecule has 0 bridgehead atoms. The van der Waals surface area contributed by atoms with E-state index in [0.717, 1.165) is 13.1 Å². The van der Waals surface area contributed by atoms with E-state index in [1.807, 2.05) is 25.7 Å². The summed E-state index contributed by atoms with van der Waals surface area (Å²) in [6, 6.07) is -1.07. The summed E-state index contributed by atoms with van der Waals surface area (Å²) in [6.45, 7) is 7.05. The largest absolute Gasteiger partial charge is 0.480 e. The molecule has 1 atom stereocenters. The summed E-state index contributed by atoms with van der Waals surface area (Å²) in [5, 5.41) is 12.0. The number of carbonyl (C=O) groups excluding carboxylic acids is 1. The number of nitrogens with zero attached hydrogens (tertiary/aromatic N) is 1. The number of carbonyl (C=O) groups is 2. The van der Waals surface area contributed by atoms with Crippen LogP contribution < -0.4 is 5.32 Å². The molecule has 5 heteroatoms. The Morgan fingerprint density at radius 2 is 1.60 bits per heavy atom. The normalized spacial score (nSPS) is 20.4. The quantitative estimate of drug-likeness (QED) is 0.785. The molecule has 2 aliphatic rings. The zero-order valence-corrected chi connectivity index (χ0v) is 12.7. The molecule has 0 saturated heterocycles. The second kappa shape index (κ2) is 5.62. The zero-order chi connectivity index (χ0) is 14.9. The van der Waals surface area contributed by atoms with Gasteiger partial charge in [0.2, 0.25) is 0 Å². The van der Waals surface area contributed by atoms with Gasteiger partial charge in [0.25, 0.3) is 0 Å². The Morgan fingerprint density at radius 3 is 1.90 bits per heavy atom. The molecule has 2 fully saturated rings. The lowest BCUT2D eigenvalue weighted by Crippen LogP contribution is -2.54. The summed E-state index contributed by atoms with van der Waals surface area (Å²) in [6.07, 6.45) is 4.76. The average Bonchev–Trinajstić information content (AvgIpc) is 3.16. The molecule has 20 heavy (non-hydrogen) atoms. The molecule has 2 rings (SSSR count). The highest BCUT2D eigenvalue weighted by atomic mass is 16.4. The molecule has 0 radical (unpaired) electrons. The molecule has 0 aliphatic heterocycles. The minimum absolute atomic E-state index is 0.217. The summed E-state index contributed by atoms with van der Waals surface area (Å²) in [5.74, 6) is 0.276. The standard InChI is InChI=1S/C15H26N2O3/c1-15(2,3)12(13(18)19)16-14(20)17(8-10-4-5-10)9-11-6-7-11/h10-12H,4-9H2,1-3H3,(H,16,20)(H,18,19)/t12-/m0/s1. The maximum atomic E-state index is 12.4. The van der Waals surface area contributed by atoms with Crippen LogP contribution >= 0.6 is 0 Å². The van der Waals surface area contributed by atoms with Crippen LogP contribution in [0.5, 0.6) is 0 Å². The van der Waals surface area contributed by atoms with E-state index >= 15 is 0 Å². The Kier molecular flexibility index (Phi) is 4.25. The molecular weight excluding hydrogens is 256 g/mol. The van der Waals surface area contributed by atoms with Gasteiger partial charge in [-0.1, -0.05) is 20.8 Å². The third kappa shape index (κ3) is 4.39. The first-order valence-electron chi connectivity index (χ1n) is 7.55. The molecule has 0 aromatic rings. The number of nitrogens with one attached hydrogen (secondary N) is 1. The molecule has 2 amide bonds. The lowest BCUT2D eigenvalue weighted by atomic mass is 9.87. The SMILES string of the molecule is CC(C)(C)[C@@H](NC(=O)N(CC1CC1)CC1CC1)C(=O)O. The fourth-order valence-corrected chi connectivity index (χ4v) is 2.33. The Morgan fingerprint density at radius 1 is 1.15 bits per heavy atom. The van der Waals surface area contributed by atoms with Crippen LogP contribution in [-0.2, 0) is 4.79 Å². The van der Waals surface area contributed by atoms with Crippen LogP contribution in [0.25, 0.3) is 0 Å². The van der Waals surface area contributed by atoms with Crippen LogP contribution in [0.4, 0.5) is 4.79 Å². The van der Waals surface area contributed by atoms with Crippen molar-refractivity contribution in [3.05, 3.63) is 0 Å². The maximum Gasteiger partial charge on any atom is 0.326 e. The second-order valence-corrected chi connectivity index (χ2v) is 7.38. The fourth-order valence-electron chi connectivity index (χ4n) is 2.33. The van der Waals surface area contributed by atoms with Crippen molar-refractivity contribution in [3.63, 3.8) is 0 Å². The minimum atomic E-state index is -0.969. The van der Waals surface area contributed by atoms with Gasteiger partial charge in [0.1, 0.15) is 6.04 Å². The Hall–Kier alpha value is -1.26. The van der Waals surface area contributed by atoms with Crippen LogP contribution in [0.3, 0.4) is 0 Å². The topological polar surface area (TPSA) is 69.6 Å². The number of aliphatic carboxylic acids is 1. The first-order chi connectivity index (χ1) is 9.27. The van der Waals surface area contributed by atoms with Crippen molar-refractivity contribution in [3.8, 4) is 0 Å². The van der Waals surface area contributed by atoms with Crippen LogP contribution in [0.2, 0.25) is 0 Å². The second-order valence-electron chi connectivity index (χ2n) is 7.38. The summed E-state index contributed by atoms with van der Waals surface area (Å²) < 4.78 is 0. The molecule has 5 nitrogen and oxygen atoms in total. The van der Waals surface area contributed by atoms with Crippen LogP contribution in [-0.4, -0.2) is 41.1 Å². The summed E-state index contributed by atoms with van der Waals surface area (Å²) in [5.41, 5.74) is -0.494. The van der Waals surface area contributed by atoms with Gasteiger partial charge in [0.05, 0.1) is 0 Å². The van der Waals surface area contributed by atoms with Gasteiger partial charge < -0.3 is 15.3 Å². The van der Waals surface area contributed by atoms with Gasteiger partial charge in [-0.2, -0.15) is 0 Å². The van der Waals surface area contributed by atoms with Gasteiger partial charge in [-0.15, -0.1) is 0 Å². The lowest BCUT2D eigenvalue weighted by molar-refractivity contribution is -0.142. The van der Waals surface area contributed by atoms with E-state index in [1.54, 1.807) is 0 Å². The van der Waals surface area contributed by atoms with Crippen molar-refractivity contribution < 1.29 is 14.7 Å². The molecule has 0 unspecified atom stereocenters. The van der Waals surface area contributed by atoms with Crippen LogP contribution in [0.1, 0.15) is 46.5 Å². The van der Waals surface area contributed by atoms with Crippen molar-refractivity contribution in [1.29, 1.82) is 0 Å². The van der Waals surface area contributed by atoms with E-state index < -0.39 is 17.4 Å². The molecule has 2 saturated carbocycles. The highest BCUT2D eigenvalue weighted by Gasteiger charge is 2.36. The van der Waals surface area contributed by atoms with Crippen molar-refractivity contribution in [2.45, 2.75) is 52.5 Å². The van der Waals surface area contributed by atoms with E-state index in [0.29, 0.717) is 11.8 Å². The highest BCUT2D eigenvalue weighted by Crippen LogP contribution is 2.33. The number of hydrogen-bond donors (Lipinski definition) is 2. The van der Waals surface area contributed by atoms with E-state index in [2.05, 4.69) is 5.32 Å². The van der Waals surface area contributed by atoms with E-state index in [4.69, 9.17) is 0 Å². The van der Waals surface area contributed by atoms with Gasteiger partial charge in [-0.3, -0.25) is 0 Å². The lowest BCUT2D eigenvalue weighted by Gasteiger charge is -2.31. The maximum absolute atomic E-state index is 12.4. The third-order valence-electron chi connectivity index (χ3n) is 4.02. The Labute approximate surface area is 120 Å². The molecule has 2 N–H and O–H groups in total. The minimum Gasteiger partial charge on any atom is -0.480 e. The van der Waals surface area contributed by atoms with Crippen LogP contribution in [0, 0.1) is 17.3 Å². The Bertz CT molecular complexity index is 367. The third-order valence-corrected chi connectivity index (χ3v) is 4.02. The molecule has 0 heterocycles. The molecular formula is C15H26N2O3. The van der Waals surface area contributed by atoms with Crippen molar-refractivity contribution in [1.82, 2.24) is 10.2 Å². The Balaban J connectivity index is 1.95. The molecule has 0 spiro atoms. The van der Waals surface area contributed by atoms with Gasteiger partial charge in [0, 0.05) is 13.1 Å². The van der Waals surface area contributed by atoms with Crippen LogP contribution in [0.15, 0.2) is 0 Å².